The summed E-state index contributed by atoms with van der Waals surface area (Å²) in [5.74, 6) is 0.691. The third kappa shape index (κ3) is 5.68. The SMILES string of the molecule is Cc1nccc(Nc2cc(C(C)C)nc(-c3nn(Cc4c(F)cc(OCCO)cc4F)c4ccccc34)n2)n1. The standard InChI is InChI=1S/C28H27F2N7O2/c1-16(2)23-14-26(34-25-8-9-31-17(3)32-25)35-28(33-23)27-19-6-4-5-7-24(19)37(36-27)15-20-21(29)12-18(13-22(20)30)39-11-10-38/h4-9,12-14,16,38H,10-11,15H2,1-3H3,(H,31,32,33,34,35). The number of fused-ring (bicyclic) bond motifs is 1. The topological polar surface area (TPSA) is 111 Å². The third-order valence-corrected chi connectivity index (χ3v) is 6.02. The van der Waals surface area contributed by atoms with Crippen LogP contribution in [-0.4, -0.2) is 48.0 Å². The molecule has 5 aromatic rings. The first kappa shape index (κ1) is 26.1. The number of anilines is 2. The Bertz CT molecular complexity index is 1620. The number of rotatable bonds is 9. The third-order valence-electron chi connectivity index (χ3n) is 6.02. The van der Waals surface area contributed by atoms with Crippen molar-refractivity contribution in [3.8, 4) is 17.3 Å². The van der Waals surface area contributed by atoms with Crippen LogP contribution in [0.2, 0.25) is 0 Å². The summed E-state index contributed by atoms with van der Waals surface area (Å²) in [5.41, 5.74) is 1.79. The van der Waals surface area contributed by atoms with Crippen molar-refractivity contribution in [3.05, 3.63) is 83.4 Å². The fourth-order valence-corrected chi connectivity index (χ4v) is 4.13. The summed E-state index contributed by atoms with van der Waals surface area (Å²) in [4.78, 5) is 18.0. The van der Waals surface area contributed by atoms with Crippen LogP contribution < -0.4 is 10.1 Å². The summed E-state index contributed by atoms with van der Waals surface area (Å²) in [6, 6.07) is 13.2. The molecule has 0 unspecified atom stereocenters. The van der Waals surface area contributed by atoms with E-state index >= 15 is 0 Å². The molecule has 3 heterocycles. The number of aliphatic hydroxyl groups is 1. The first-order valence-electron chi connectivity index (χ1n) is 12.5. The number of aliphatic hydroxyl groups excluding tert-OH is 1. The number of ether oxygens (including phenoxy) is 1. The lowest BCUT2D eigenvalue weighted by molar-refractivity contribution is 0.200. The number of benzene rings is 2. The molecule has 3 aromatic heterocycles. The molecule has 2 aromatic carbocycles. The van der Waals surface area contributed by atoms with E-state index in [4.69, 9.17) is 24.9 Å². The minimum absolute atomic E-state index is 0.00613. The van der Waals surface area contributed by atoms with Gasteiger partial charge in [0.25, 0.3) is 0 Å². The Morgan fingerprint density at radius 3 is 2.49 bits per heavy atom. The Labute approximate surface area is 223 Å². The highest BCUT2D eigenvalue weighted by Crippen LogP contribution is 2.30. The van der Waals surface area contributed by atoms with Gasteiger partial charge < -0.3 is 15.2 Å². The quantitative estimate of drug-likeness (QED) is 0.269. The summed E-state index contributed by atoms with van der Waals surface area (Å²) in [6.45, 7) is 5.38. The number of halogens is 2. The molecule has 0 amide bonds. The molecule has 0 radical (unpaired) electrons. The summed E-state index contributed by atoms with van der Waals surface area (Å²) < 4.78 is 36.5. The van der Waals surface area contributed by atoms with E-state index in [-0.39, 0.29) is 37.0 Å². The molecule has 9 nitrogen and oxygen atoms in total. The summed E-state index contributed by atoms with van der Waals surface area (Å²) in [6.07, 6.45) is 1.66. The molecular weight excluding hydrogens is 504 g/mol. The monoisotopic (exact) mass is 531 g/mol. The van der Waals surface area contributed by atoms with E-state index < -0.39 is 11.6 Å². The van der Waals surface area contributed by atoms with Gasteiger partial charge in [-0.1, -0.05) is 32.0 Å². The second-order valence-corrected chi connectivity index (χ2v) is 9.23. The number of para-hydroxylation sites is 1. The van der Waals surface area contributed by atoms with Crippen LogP contribution in [0.1, 0.15) is 36.8 Å². The van der Waals surface area contributed by atoms with Crippen LogP contribution in [0, 0.1) is 18.6 Å². The zero-order valence-electron chi connectivity index (χ0n) is 21.7. The Balaban J connectivity index is 1.57. The van der Waals surface area contributed by atoms with Gasteiger partial charge in [-0.2, -0.15) is 5.10 Å². The van der Waals surface area contributed by atoms with Crippen molar-refractivity contribution in [2.24, 2.45) is 0 Å². The second kappa shape index (κ2) is 11.1. The lowest BCUT2D eigenvalue weighted by atomic mass is 10.1. The molecule has 0 saturated carbocycles. The molecule has 0 atom stereocenters. The van der Waals surface area contributed by atoms with E-state index in [2.05, 4.69) is 15.3 Å². The minimum Gasteiger partial charge on any atom is -0.491 e. The zero-order chi connectivity index (χ0) is 27.5. The minimum atomic E-state index is -0.770. The molecule has 0 aliphatic carbocycles. The van der Waals surface area contributed by atoms with Gasteiger partial charge >= 0.3 is 0 Å². The maximum atomic E-state index is 14.9. The van der Waals surface area contributed by atoms with Crippen molar-refractivity contribution in [2.45, 2.75) is 33.2 Å². The summed E-state index contributed by atoms with van der Waals surface area (Å²) in [5, 5.41) is 17.6. The number of aromatic nitrogens is 6. The Morgan fingerprint density at radius 1 is 1.00 bits per heavy atom. The van der Waals surface area contributed by atoms with Crippen molar-refractivity contribution in [2.75, 3.05) is 18.5 Å². The average molecular weight is 532 g/mol. The highest BCUT2D eigenvalue weighted by Gasteiger charge is 2.20. The van der Waals surface area contributed by atoms with Crippen molar-refractivity contribution in [1.29, 1.82) is 0 Å². The lowest BCUT2D eigenvalue weighted by Gasteiger charge is -2.11. The number of aryl methyl sites for hydroxylation is 1. The maximum Gasteiger partial charge on any atom is 0.182 e. The predicted molar refractivity (Wildman–Crippen MR) is 143 cm³/mol. The molecule has 0 bridgehead atoms. The number of hydrogen-bond acceptors (Lipinski definition) is 8. The fraction of sp³-hybridized carbons (Fsp3) is 0.250. The largest absolute Gasteiger partial charge is 0.491 e. The van der Waals surface area contributed by atoms with Gasteiger partial charge in [-0.3, -0.25) is 4.68 Å². The van der Waals surface area contributed by atoms with Crippen molar-refractivity contribution in [3.63, 3.8) is 0 Å². The molecule has 5 rings (SSSR count). The molecule has 2 N–H and O–H groups in total. The normalized spacial score (nSPS) is 11.4. The van der Waals surface area contributed by atoms with Gasteiger partial charge in [-0.05, 0) is 25.0 Å². The number of nitrogens with zero attached hydrogens (tertiary/aromatic N) is 6. The Kier molecular flexibility index (Phi) is 7.42. The van der Waals surface area contributed by atoms with Crippen LogP contribution >= 0.6 is 0 Å². The Morgan fingerprint density at radius 2 is 1.77 bits per heavy atom. The maximum absolute atomic E-state index is 14.9. The zero-order valence-corrected chi connectivity index (χ0v) is 21.7. The lowest BCUT2D eigenvalue weighted by Crippen LogP contribution is -2.08. The first-order chi connectivity index (χ1) is 18.8. The van der Waals surface area contributed by atoms with Crippen molar-refractivity contribution >= 4 is 22.5 Å². The van der Waals surface area contributed by atoms with Gasteiger partial charge in [-0.25, -0.2) is 28.7 Å². The van der Waals surface area contributed by atoms with Crippen molar-refractivity contribution in [1.82, 2.24) is 29.7 Å². The van der Waals surface area contributed by atoms with E-state index in [9.17, 15) is 8.78 Å². The van der Waals surface area contributed by atoms with E-state index in [0.29, 0.717) is 34.5 Å². The molecule has 0 spiro atoms. The van der Waals surface area contributed by atoms with Crippen LogP contribution in [0.4, 0.5) is 20.4 Å². The van der Waals surface area contributed by atoms with Crippen LogP contribution in [-0.2, 0) is 6.54 Å². The number of hydrogen-bond donors (Lipinski definition) is 2. The smallest absolute Gasteiger partial charge is 0.182 e. The molecule has 39 heavy (non-hydrogen) atoms. The molecular formula is C28H27F2N7O2. The average Bonchev–Trinajstić information content (AvgIpc) is 3.28. The second-order valence-electron chi connectivity index (χ2n) is 9.23. The van der Waals surface area contributed by atoms with Gasteiger partial charge in [0.05, 0.1) is 18.7 Å². The van der Waals surface area contributed by atoms with Crippen LogP contribution in [0.3, 0.4) is 0 Å². The number of nitrogens with one attached hydrogen (secondary N) is 1. The van der Waals surface area contributed by atoms with Crippen LogP contribution in [0.15, 0.2) is 54.7 Å². The molecule has 0 aliphatic heterocycles. The van der Waals surface area contributed by atoms with E-state index in [1.54, 1.807) is 19.2 Å². The highest BCUT2D eigenvalue weighted by molar-refractivity contribution is 5.91. The van der Waals surface area contributed by atoms with E-state index in [1.165, 1.54) is 4.68 Å². The molecule has 0 saturated heterocycles. The van der Waals surface area contributed by atoms with Gasteiger partial charge in [0.2, 0.25) is 0 Å². The first-order valence-corrected chi connectivity index (χ1v) is 12.5. The van der Waals surface area contributed by atoms with Gasteiger partial charge in [0, 0.05) is 41.0 Å². The summed E-state index contributed by atoms with van der Waals surface area (Å²) >= 11 is 0. The van der Waals surface area contributed by atoms with Crippen LogP contribution in [0.25, 0.3) is 22.4 Å². The Hall–Kier alpha value is -4.51. The molecule has 200 valence electrons. The molecule has 0 aliphatic rings. The van der Waals surface area contributed by atoms with E-state index in [0.717, 1.165) is 23.2 Å². The summed E-state index contributed by atoms with van der Waals surface area (Å²) in [7, 11) is 0. The fourth-order valence-electron chi connectivity index (χ4n) is 4.13. The van der Waals surface area contributed by atoms with Gasteiger partial charge in [0.15, 0.2) is 5.82 Å². The molecule has 11 heteroatoms. The van der Waals surface area contributed by atoms with Gasteiger partial charge in [0.1, 0.15) is 47.1 Å². The van der Waals surface area contributed by atoms with Crippen molar-refractivity contribution < 1.29 is 18.6 Å². The van der Waals surface area contributed by atoms with Crippen LogP contribution in [0.5, 0.6) is 5.75 Å². The predicted octanol–water partition coefficient (Wildman–Crippen LogP) is 5.16. The molecule has 0 fully saturated rings. The van der Waals surface area contributed by atoms with Gasteiger partial charge in [-0.15, -0.1) is 0 Å². The highest BCUT2D eigenvalue weighted by atomic mass is 19.1. The van der Waals surface area contributed by atoms with E-state index in [1.807, 2.05) is 44.2 Å².